The van der Waals surface area contributed by atoms with Gasteiger partial charge in [0.05, 0.1) is 11.9 Å². The van der Waals surface area contributed by atoms with Gasteiger partial charge in [-0.1, -0.05) is 36.4 Å². The van der Waals surface area contributed by atoms with E-state index in [2.05, 4.69) is 54.7 Å². The molecule has 0 saturated carbocycles. The molecule has 8 heteroatoms. The van der Waals surface area contributed by atoms with Gasteiger partial charge in [0.25, 0.3) is 0 Å². The third-order valence-corrected chi connectivity index (χ3v) is 6.32. The molecule has 1 saturated heterocycles. The summed E-state index contributed by atoms with van der Waals surface area (Å²) in [4.78, 5) is 13.0. The molecule has 1 aromatic heterocycles. The molecule has 0 atom stereocenters. The normalized spacial score (nSPS) is 16.0. The van der Waals surface area contributed by atoms with Crippen LogP contribution >= 0.6 is 12.2 Å². The molecule has 1 aliphatic heterocycles. The Kier molecular flexibility index (Phi) is 5.85. The van der Waals surface area contributed by atoms with Gasteiger partial charge in [0.2, 0.25) is 0 Å². The number of halogens is 1. The summed E-state index contributed by atoms with van der Waals surface area (Å²) in [6, 6.07) is 15.7. The zero-order chi connectivity index (χ0) is 21.9. The molecule has 164 valence electrons. The van der Waals surface area contributed by atoms with Crippen molar-refractivity contribution >= 4 is 34.5 Å². The van der Waals surface area contributed by atoms with Gasteiger partial charge < -0.3 is 20.4 Å². The number of nitrogens with zero attached hydrogens (tertiary/aromatic N) is 4. The van der Waals surface area contributed by atoms with Gasteiger partial charge >= 0.3 is 0 Å². The number of rotatable bonds is 4. The molecule has 2 heterocycles. The highest BCUT2D eigenvalue weighted by Crippen LogP contribution is 2.26. The number of hydrogen-bond acceptors (Lipinski definition) is 5. The van der Waals surface area contributed by atoms with E-state index in [1.165, 1.54) is 17.2 Å². The highest BCUT2D eigenvalue weighted by Gasteiger charge is 2.24. The maximum atomic E-state index is 14.1. The molecule has 3 aromatic rings. The van der Waals surface area contributed by atoms with E-state index in [4.69, 9.17) is 12.2 Å². The van der Waals surface area contributed by atoms with Gasteiger partial charge in [0, 0.05) is 32.2 Å². The first-order valence-corrected chi connectivity index (χ1v) is 11.3. The van der Waals surface area contributed by atoms with Gasteiger partial charge in [0.15, 0.2) is 10.9 Å². The van der Waals surface area contributed by atoms with Crippen molar-refractivity contribution in [1.82, 2.24) is 15.3 Å². The number of benzene rings is 2. The van der Waals surface area contributed by atoms with Gasteiger partial charge in [-0.15, -0.1) is 0 Å². The lowest BCUT2D eigenvalue weighted by Crippen LogP contribution is -2.47. The van der Waals surface area contributed by atoms with Crippen LogP contribution in [0.15, 0.2) is 61.1 Å². The summed E-state index contributed by atoms with van der Waals surface area (Å²) in [5, 5.41) is 7.30. The van der Waals surface area contributed by atoms with Crippen LogP contribution in [0, 0.1) is 5.82 Å². The second-order valence-corrected chi connectivity index (χ2v) is 8.57. The fraction of sp³-hybridized carbons (Fsp3) is 0.292. The zero-order valence-corrected chi connectivity index (χ0v) is 18.5. The Morgan fingerprint density at radius 3 is 2.31 bits per heavy atom. The second-order valence-electron chi connectivity index (χ2n) is 8.16. The number of piperazine rings is 1. The minimum Gasteiger partial charge on any atom is -0.366 e. The fourth-order valence-corrected chi connectivity index (χ4v) is 4.81. The Morgan fingerprint density at radius 1 is 0.938 bits per heavy atom. The summed E-state index contributed by atoms with van der Waals surface area (Å²) in [5.41, 5.74) is 4.18. The van der Waals surface area contributed by atoms with Crippen LogP contribution in [0.4, 0.5) is 21.6 Å². The van der Waals surface area contributed by atoms with E-state index >= 15 is 0 Å². The molecule has 0 bridgehead atoms. The second kappa shape index (κ2) is 9.08. The minimum atomic E-state index is -0.184. The Balaban J connectivity index is 1.21. The number of aromatic nitrogens is 2. The SMILES string of the molecule is Fc1ccccc1N1CCN(c2ncncc2NC(=S)NC2Cc3ccccc3C2)CC1. The summed E-state index contributed by atoms with van der Waals surface area (Å²) in [6.07, 6.45) is 5.24. The molecular formula is C24H25FN6S. The van der Waals surface area contributed by atoms with Crippen molar-refractivity contribution in [2.45, 2.75) is 18.9 Å². The van der Waals surface area contributed by atoms with Gasteiger partial charge in [-0.25, -0.2) is 14.4 Å². The van der Waals surface area contributed by atoms with Crippen molar-refractivity contribution in [1.29, 1.82) is 0 Å². The molecule has 2 N–H and O–H groups in total. The predicted octanol–water partition coefficient (Wildman–Crippen LogP) is 3.40. The first-order valence-electron chi connectivity index (χ1n) is 10.9. The molecule has 2 aliphatic rings. The smallest absolute Gasteiger partial charge is 0.171 e. The highest BCUT2D eigenvalue weighted by atomic mass is 32.1. The van der Waals surface area contributed by atoms with Crippen molar-refractivity contribution < 1.29 is 4.39 Å². The molecule has 6 nitrogen and oxygen atoms in total. The molecule has 2 aromatic carbocycles. The molecule has 1 aliphatic carbocycles. The number of fused-ring (bicyclic) bond motifs is 1. The number of thiocarbonyl (C=S) groups is 1. The maximum absolute atomic E-state index is 14.1. The number of hydrogen-bond donors (Lipinski definition) is 2. The van der Waals surface area contributed by atoms with Crippen molar-refractivity contribution in [2.24, 2.45) is 0 Å². The highest BCUT2D eigenvalue weighted by molar-refractivity contribution is 7.80. The average Bonchev–Trinajstić information content (AvgIpc) is 3.22. The largest absolute Gasteiger partial charge is 0.366 e. The Hall–Kier alpha value is -3.26. The molecular weight excluding hydrogens is 423 g/mol. The van der Waals surface area contributed by atoms with Crippen molar-refractivity contribution in [3.8, 4) is 0 Å². The van der Waals surface area contributed by atoms with E-state index < -0.39 is 0 Å². The van der Waals surface area contributed by atoms with E-state index in [1.54, 1.807) is 18.6 Å². The fourth-order valence-electron chi connectivity index (χ4n) is 4.54. The first kappa shape index (κ1) is 20.6. The maximum Gasteiger partial charge on any atom is 0.171 e. The summed E-state index contributed by atoms with van der Waals surface area (Å²) in [6.45, 7) is 2.90. The van der Waals surface area contributed by atoms with Crippen LogP contribution in [0.5, 0.6) is 0 Å². The lowest BCUT2D eigenvalue weighted by Gasteiger charge is -2.37. The molecule has 0 amide bonds. The quantitative estimate of drug-likeness (QED) is 0.594. The Labute approximate surface area is 192 Å². The van der Waals surface area contributed by atoms with Crippen LogP contribution in [0.1, 0.15) is 11.1 Å². The van der Waals surface area contributed by atoms with Crippen LogP contribution < -0.4 is 20.4 Å². The van der Waals surface area contributed by atoms with Crippen LogP contribution in [0.25, 0.3) is 0 Å². The molecule has 32 heavy (non-hydrogen) atoms. The Morgan fingerprint density at radius 2 is 1.59 bits per heavy atom. The van der Waals surface area contributed by atoms with E-state index in [0.717, 1.165) is 37.4 Å². The minimum absolute atomic E-state index is 0.184. The predicted molar refractivity (Wildman–Crippen MR) is 130 cm³/mol. The number of para-hydroxylation sites is 1. The molecule has 0 radical (unpaired) electrons. The molecule has 1 fully saturated rings. The lowest BCUT2D eigenvalue weighted by molar-refractivity contribution is 0.596. The lowest BCUT2D eigenvalue weighted by atomic mass is 10.1. The Bertz CT molecular complexity index is 1090. The standard InChI is InChI=1S/C24H25FN6S/c25-20-7-3-4-8-22(20)30-9-11-31(12-10-30)23-21(15-26-16-27-23)29-24(32)28-19-13-17-5-1-2-6-18(17)14-19/h1-8,15-16,19H,9-14H2,(H2,28,29,32). The van der Waals surface area contributed by atoms with Crippen LogP contribution in [-0.4, -0.2) is 47.3 Å². The first-order chi connectivity index (χ1) is 15.7. The molecule has 0 unspecified atom stereocenters. The number of nitrogens with one attached hydrogen (secondary N) is 2. The topological polar surface area (TPSA) is 56.3 Å². The third kappa shape index (κ3) is 4.36. The van der Waals surface area contributed by atoms with Gasteiger partial charge in [0.1, 0.15) is 17.8 Å². The van der Waals surface area contributed by atoms with Crippen LogP contribution in [0.3, 0.4) is 0 Å². The van der Waals surface area contributed by atoms with Crippen molar-refractivity contribution in [2.75, 3.05) is 41.3 Å². The van der Waals surface area contributed by atoms with E-state index in [-0.39, 0.29) is 11.9 Å². The monoisotopic (exact) mass is 448 g/mol. The summed E-state index contributed by atoms with van der Waals surface area (Å²) >= 11 is 5.60. The number of anilines is 3. The van der Waals surface area contributed by atoms with E-state index in [9.17, 15) is 4.39 Å². The van der Waals surface area contributed by atoms with E-state index in [0.29, 0.717) is 23.9 Å². The van der Waals surface area contributed by atoms with Crippen molar-refractivity contribution in [3.05, 3.63) is 78.0 Å². The average molecular weight is 449 g/mol. The molecule has 0 spiro atoms. The summed E-state index contributed by atoms with van der Waals surface area (Å²) < 4.78 is 14.1. The van der Waals surface area contributed by atoms with Crippen LogP contribution in [-0.2, 0) is 12.8 Å². The summed E-state index contributed by atoms with van der Waals surface area (Å²) in [5.74, 6) is 0.628. The van der Waals surface area contributed by atoms with Gasteiger partial charge in [-0.3, -0.25) is 0 Å². The van der Waals surface area contributed by atoms with Crippen molar-refractivity contribution in [3.63, 3.8) is 0 Å². The molecule has 5 rings (SSSR count). The van der Waals surface area contributed by atoms with Crippen LogP contribution in [0.2, 0.25) is 0 Å². The third-order valence-electron chi connectivity index (χ3n) is 6.10. The van der Waals surface area contributed by atoms with Gasteiger partial charge in [-0.05, 0) is 48.3 Å². The zero-order valence-electron chi connectivity index (χ0n) is 17.7. The van der Waals surface area contributed by atoms with E-state index in [1.807, 2.05) is 12.1 Å². The van der Waals surface area contributed by atoms with Gasteiger partial charge in [-0.2, -0.15) is 0 Å². The summed E-state index contributed by atoms with van der Waals surface area (Å²) in [7, 11) is 0.